The van der Waals surface area contributed by atoms with E-state index in [-0.39, 0.29) is 11.3 Å². The number of phenols is 13. The van der Waals surface area contributed by atoms with Gasteiger partial charge in [0, 0.05) is 58.5 Å². The number of ether oxygens (including phenoxy) is 4. The number of benzene rings is 5. The number of carbonyl (C=O) groups excluding carboxylic acids is 1. The zero-order valence-corrected chi connectivity index (χ0v) is 33.5. The third-order valence-corrected chi connectivity index (χ3v) is 11.1. The molecule has 8 rings (SSSR count). The predicted octanol–water partition coefficient (Wildman–Crippen LogP) is 1.38. The molecule has 7 unspecified atom stereocenters. The number of esters is 1. The number of carbonyl (C=O) groups is 1. The van der Waals surface area contributed by atoms with Gasteiger partial charge in [0.2, 0.25) is 29.0 Å². The van der Waals surface area contributed by atoms with Crippen LogP contribution < -0.4 is 14.9 Å². The van der Waals surface area contributed by atoms with Crippen molar-refractivity contribution in [1.29, 1.82) is 0 Å². The molecule has 24 heteroatoms. The highest BCUT2D eigenvalue weighted by Crippen LogP contribution is 2.58. The van der Waals surface area contributed by atoms with Gasteiger partial charge in [-0.25, -0.2) is 4.79 Å². The summed E-state index contributed by atoms with van der Waals surface area (Å²) in [5, 5.41) is 181. The average molecular weight is 937 g/mol. The minimum atomic E-state index is -2.22. The highest BCUT2D eigenvalue weighted by molar-refractivity contribution is 5.98. The van der Waals surface area contributed by atoms with E-state index in [2.05, 4.69) is 0 Å². The fourth-order valence-corrected chi connectivity index (χ4v) is 7.80. The van der Waals surface area contributed by atoms with E-state index in [9.17, 15) is 96.4 Å². The van der Waals surface area contributed by atoms with Crippen LogP contribution in [0.5, 0.6) is 86.2 Å². The van der Waals surface area contributed by atoms with Gasteiger partial charge in [-0.1, -0.05) is 0 Å². The molecule has 1 aromatic heterocycles. The molecule has 67 heavy (non-hydrogen) atoms. The summed E-state index contributed by atoms with van der Waals surface area (Å²) in [7, 11) is 0. The van der Waals surface area contributed by atoms with Crippen LogP contribution >= 0.6 is 0 Å². The predicted molar refractivity (Wildman–Crippen MR) is 219 cm³/mol. The molecule has 5 aromatic carbocycles. The zero-order chi connectivity index (χ0) is 48.7. The fourth-order valence-electron chi connectivity index (χ4n) is 7.80. The Kier molecular flexibility index (Phi) is 11.1. The van der Waals surface area contributed by atoms with Crippen LogP contribution in [0.2, 0.25) is 0 Å². The number of phenolic OH excluding ortho intramolecular Hbond substituents is 13. The maximum Gasteiger partial charge on any atom is 0.338 e. The van der Waals surface area contributed by atoms with Gasteiger partial charge >= 0.3 is 5.97 Å². The number of hydrogen-bond acceptors (Lipinski definition) is 24. The van der Waals surface area contributed by atoms with Gasteiger partial charge in [-0.05, 0) is 24.3 Å². The van der Waals surface area contributed by atoms with Crippen LogP contribution in [0.25, 0.3) is 33.4 Å². The lowest BCUT2D eigenvalue weighted by Crippen LogP contribution is -2.60. The molecule has 0 spiro atoms. The van der Waals surface area contributed by atoms with Crippen molar-refractivity contribution in [3.05, 3.63) is 75.4 Å². The number of fused-ring (bicyclic) bond motifs is 2. The first-order valence-corrected chi connectivity index (χ1v) is 19.3. The Bertz CT molecular complexity index is 3050. The molecule has 0 amide bonds. The van der Waals surface area contributed by atoms with Gasteiger partial charge < -0.3 is 110 Å². The van der Waals surface area contributed by atoms with E-state index in [0.29, 0.717) is 30.3 Å². The largest absolute Gasteiger partial charge is 0.508 e. The molecule has 2 aliphatic heterocycles. The van der Waals surface area contributed by atoms with Gasteiger partial charge in [-0.2, -0.15) is 0 Å². The first-order valence-electron chi connectivity index (χ1n) is 19.3. The SMILES string of the molecule is O=C(OC1Cc2c(O)cc(O)cc2OC1c1cc(O)c(O)c(O)c1-c1c(-c2oc3cc(O)cc(O)c3c(=O)c2OC2OC(CO)C(O)C(O)C2O)cc(O)c(O)c1O)c1cc(O)c(O)c(O)c1. The highest BCUT2D eigenvalue weighted by atomic mass is 16.7. The Hall–Kier alpha value is -8.42. The van der Waals surface area contributed by atoms with E-state index < -0.39 is 192 Å². The smallest absolute Gasteiger partial charge is 0.338 e. The summed E-state index contributed by atoms with van der Waals surface area (Å²) < 4.78 is 29.0. The Balaban J connectivity index is 1.40. The van der Waals surface area contributed by atoms with Crippen LogP contribution in [0.1, 0.15) is 27.6 Å². The lowest BCUT2D eigenvalue weighted by molar-refractivity contribution is -0.277. The van der Waals surface area contributed by atoms with Crippen molar-refractivity contribution in [2.45, 2.75) is 49.3 Å². The first-order chi connectivity index (χ1) is 31.6. The summed E-state index contributed by atoms with van der Waals surface area (Å²) in [6, 6.07) is 6.07. The fraction of sp³-hybridized carbons (Fsp3) is 0.209. The normalized spacial score (nSPS) is 21.3. The number of aromatic hydroxyl groups is 13. The second-order valence-corrected chi connectivity index (χ2v) is 15.3. The van der Waals surface area contributed by atoms with Crippen LogP contribution in [0.4, 0.5) is 0 Å². The van der Waals surface area contributed by atoms with Gasteiger partial charge in [0.15, 0.2) is 52.1 Å². The Morgan fingerprint density at radius 2 is 1.24 bits per heavy atom. The second kappa shape index (κ2) is 16.5. The van der Waals surface area contributed by atoms with E-state index in [1.54, 1.807) is 0 Å². The van der Waals surface area contributed by atoms with E-state index in [4.69, 9.17) is 23.4 Å². The number of hydrogen-bond donors (Lipinski definition) is 17. The monoisotopic (exact) mass is 936 g/mol. The summed E-state index contributed by atoms with van der Waals surface area (Å²) in [4.78, 5) is 28.1. The molecule has 2 aliphatic rings. The van der Waals surface area contributed by atoms with Crippen LogP contribution in [-0.2, 0) is 15.9 Å². The van der Waals surface area contributed by atoms with Crippen molar-refractivity contribution in [3.63, 3.8) is 0 Å². The van der Waals surface area contributed by atoms with Crippen LogP contribution in [0.15, 0.2) is 57.7 Å². The van der Waals surface area contributed by atoms with Crippen LogP contribution in [0.3, 0.4) is 0 Å². The van der Waals surface area contributed by atoms with Gasteiger partial charge in [0.05, 0.1) is 12.2 Å². The van der Waals surface area contributed by atoms with Gasteiger partial charge in [0.25, 0.3) is 0 Å². The van der Waals surface area contributed by atoms with E-state index in [1.165, 1.54) is 0 Å². The Morgan fingerprint density at radius 1 is 0.642 bits per heavy atom. The summed E-state index contributed by atoms with van der Waals surface area (Å²) in [5.74, 6) is -17.5. The van der Waals surface area contributed by atoms with E-state index in [1.807, 2.05) is 0 Å². The van der Waals surface area contributed by atoms with Gasteiger partial charge in [0.1, 0.15) is 70.2 Å². The molecular formula is C43H36O24. The molecule has 0 aliphatic carbocycles. The molecule has 17 N–H and O–H groups in total. The average Bonchev–Trinajstić information content (AvgIpc) is 3.27. The first kappa shape index (κ1) is 45.2. The molecule has 1 fully saturated rings. The van der Waals surface area contributed by atoms with Gasteiger partial charge in [-0.15, -0.1) is 0 Å². The number of rotatable bonds is 8. The molecule has 7 atom stereocenters. The summed E-state index contributed by atoms with van der Waals surface area (Å²) in [6.45, 7) is -0.983. The van der Waals surface area contributed by atoms with Crippen molar-refractivity contribution in [1.82, 2.24) is 0 Å². The minimum absolute atomic E-state index is 0.123. The van der Waals surface area contributed by atoms with Crippen molar-refractivity contribution >= 4 is 16.9 Å². The topological polar surface area (TPSA) is 428 Å². The highest BCUT2D eigenvalue weighted by Gasteiger charge is 2.46. The second-order valence-electron chi connectivity index (χ2n) is 15.3. The zero-order valence-electron chi connectivity index (χ0n) is 33.5. The Morgan fingerprint density at radius 3 is 1.90 bits per heavy atom. The Labute approximate surface area is 371 Å². The lowest BCUT2D eigenvalue weighted by Gasteiger charge is -2.39. The maximum absolute atomic E-state index is 14.4. The minimum Gasteiger partial charge on any atom is -0.508 e. The quantitative estimate of drug-likeness (QED) is 0.0757. The molecule has 0 bridgehead atoms. The summed E-state index contributed by atoms with van der Waals surface area (Å²) >= 11 is 0. The van der Waals surface area contributed by atoms with Crippen molar-refractivity contribution in [3.8, 4) is 109 Å². The lowest BCUT2D eigenvalue weighted by atomic mass is 9.85. The summed E-state index contributed by atoms with van der Waals surface area (Å²) in [5.41, 5.74) is -6.12. The molecule has 352 valence electrons. The molecule has 0 saturated carbocycles. The molecule has 24 nitrogen and oxygen atoms in total. The third kappa shape index (κ3) is 7.54. The van der Waals surface area contributed by atoms with Crippen molar-refractivity contribution in [2.75, 3.05) is 6.61 Å². The third-order valence-electron chi connectivity index (χ3n) is 11.1. The molecule has 0 radical (unpaired) electrons. The maximum atomic E-state index is 14.4. The molecule has 3 heterocycles. The summed E-state index contributed by atoms with van der Waals surface area (Å²) in [6.07, 6.45) is -14.4. The molecule has 1 saturated heterocycles. The van der Waals surface area contributed by atoms with Crippen molar-refractivity contribution < 1.29 is 115 Å². The van der Waals surface area contributed by atoms with Gasteiger partial charge in [-0.3, -0.25) is 4.79 Å². The molecule has 6 aromatic rings. The van der Waals surface area contributed by atoms with Crippen molar-refractivity contribution in [2.24, 2.45) is 0 Å². The molecular weight excluding hydrogens is 900 g/mol. The standard InChI is InChI=1S/C43H36O24/c44-10-26-33(56)37(60)38(61)43(66-26)67-41-36(59)29-18(48)4-13(46)6-24(29)64-40(41)16-8-22(52)32(55)35(58)28(16)27-15(7-21(51)31(54)34(27)57)39-25(9-14-17(47)3-12(45)5-23(14)63-39)65-42(62)11-1-19(49)30(53)20(50)2-11/h1-8,25-26,33,37-39,43-58,60-61H,9-10H2. The van der Waals surface area contributed by atoms with E-state index in [0.717, 1.165) is 18.2 Å². The van der Waals surface area contributed by atoms with E-state index >= 15 is 0 Å². The number of aliphatic hydroxyl groups is 4. The van der Waals surface area contributed by atoms with Crippen LogP contribution in [0, 0.1) is 0 Å². The van der Waals surface area contributed by atoms with Crippen LogP contribution in [-0.4, -0.2) is 136 Å². The number of aliphatic hydroxyl groups excluding tert-OH is 4.